The van der Waals surface area contributed by atoms with Crippen LogP contribution in [0.1, 0.15) is 12.5 Å². The summed E-state index contributed by atoms with van der Waals surface area (Å²) in [5.74, 6) is 0. The third-order valence-corrected chi connectivity index (χ3v) is 4.54. The molecule has 0 aliphatic rings. The summed E-state index contributed by atoms with van der Waals surface area (Å²) in [6.45, 7) is 4.11. The number of rotatable bonds is 5. The first kappa shape index (κ1) is 14.5. The lowest BCUT2D eigenvalue weighted by molar-refractivity contribution is 0.520. The summed E-state index contributed by atoms with van der Waals surface area (Å²) in [6.07, 6.45) is 5.10. The van der Waals surface area contributed by atoms with E-state index in [-0.39, 0.29) is 10.9 Å². The van der Waals surface area contributed by atoms with Gasteiger partial charge in [0.2, 0.25) is 10.0 Å². The summed E-state index contributed by atoms with van der Waals surface area (Å²) in [7, 11) is -3.54. The van der Waals surface area contributed by atoms with E-state index in [1.165, 1.54) is 6.07 Å². The number of anilines is 1. The second-order valence-electron chi connectivity index (χ2n) is 4.80. The lowest BCUT2D eigenvalue weighted by Crippen LogP contribution is -2.35. The van der Waals surface area contributed by atoms with Crippen molar-refractivity contribution < 1.29 is 8.42 Å². The van der Waals surface area contributed by atoms with Gasteiger partial charge in [-0.05, 0) is 37.6 Å². The molecule has 1 aromatic carbocycles. The van der Waals surface area contributed by atoms with Crippen molar-refractivity contribution in [2.24, 2.45) is 0 Å². The second-order valence-corrected chi connectivity index (χ2v) is 6.51. The van der Waals surface area contributed by atoms with Crippen molar-refractivity contribution in [3.8, 4) is 0 Å². The Kier molecular flexibility index (Phi) is 4.10. The van der Waals surface area contributed by atoms with Crippen molar-refractivity contribution in [3.63, 3.8) is 0 Å². The van der Waals surface area contributed by atoms with Crippen LogP contribution in [0.25, 0.3) is 0 Å². The topological polar surface area (TPSA) is 90.0 Å². The normalized spacial score (nSPS) is 13.3. The number of aromatic nitrogens is 2. The molecule has 1 aromatic heterocycles. The molecule has 7 heteroatoms. The lowest BCUT2D eigenvalue weighted by Gasteiger charge is -2.15. The van der Waals surface area contributed by atoms with Gasteiger partial charge in [0, 0.05) is 30.7 Å². The van der Waals surface area contributed by atoms with Gasteiger partial charge >= 0.3 is 0 Å². The number of nitrogens with one attached hydrogen (secondary N) is 1. The van der Waals surface area contributed by atoms with E-state index >= 15 is 0 Å². The predicted molar refractivity (Wildman–Crippen MR) is 77.6 cm³/mol. The minimum atomic E-state index is -3.54. The van der Waals surface area contributed by atoms with Crippen LogP contribution >= 0.6 is 0 Å². The highest BCUT2D eigenvalue weighted by molar-refractivity contribution is 7.89. The summed E-state index contributed by atoms with van der Waals surface area (Å²) in [4.78, 5) is 4.15. The third kappa shape index (κ3) is 3.37. The molecule has 0 amide bonds. The molecule has 0 saturated heterocycles. The molecule has 0 radical (unpaired) electrons. The van der Waals surface area contributed by atoms with E-state index in [0.717, 1.165) is 5.56 Å². The van der Waals surface area contributed by atoms with E-state index in [2.05, 4.69) is 9.71 Å². The molecule has 2 rings (SSSR count). The molecule has 0 aliphatic heterocycles. The average molecular weight is 294 g/mol. The Morgan fingerprint density at radius 3 is 2.80 bits per heavy atom. The zero-order valence-corrected chi connectivity index (χ0v) is 12.3. The molecule has 108 valence electrons. The van der Waals surface area contributed by atoms with E-state index in [0.29, 0.717) is 12.2 Å². The van der Waals surface area contributed by atoms with Gasteiger partial charge in [-0.25, -0.2) is 18.1 Å². The molecule has 1 heterocycles. The standard InChI is InChI=1S/C13H18N4O2S/c1-10-7-12(3-4-13(10)14)20(18,19)16-11(2)8-17-6-5-15-9-17/h3-7,9,11,16H,8,14H2,1-2H3. The van der Waals surface area contributed by atoms with Crippen LogP contribution < -0.4 is 10.5 Å². The van der Waals surface area contributed by atoms with Gasteiger partial charge in [0.05, 0.1) is 11.2 Å². The van der Waals surface area contributed by atoms with E-state index < -0.39 is 10.0 Å². The first-order valence-electron chi connectivity index (χ1n) is 6.22. The number of hydrogen-bond donors (Lipinski definition) is 2. The van der Waals surface area contributed by atoms with Crippen molar-refractivity contribution in [2.75, 3.05) is 5.73 Å². The maximum absolute atomic E-state index is 12.3. The highest BCUT2D eigenvalue weighted by Crippen LogP contribution is 2.17. The number of benzene rings is 1. The number of aryl methyl sites for hydroxylation is 1. The highest BCUT2D eigenvalue weighted by atomic mass is 32.2. The summed E-state index contributed by atoms with van der Waals surface area (Å²) < 4.78 is 29.0. The minimum Gasteiger partial charge on any atom is -0.399 e. The molecule has 0 aliphatic carbocycles. The van der Waals surface area contributed by atoms with Crippen LogP contribution in [0.5, 0.6) is 0 Å². The number of nitrogens with zero attached hydrogens (tertiary/aromatic N) is 2. The molecule has 20 heavy (non-hydrogen) atoms. The first-order valence-corrected chi connectivity index (χ1v) is 7.71. The zero-order valence-electron chi connectivity index (χ0n) is 11.4. The maximum Gasteiger partial charge on any atom is 0.240 e. The fraction of sp³-hybridized carbons (Fsp3) is 0.308. The predicted octanol–water partition coefficient (Wildman–Crippen LogP) is 1.14. The van der Waals surface area contributed by atoms with Crippen LogP contribution in [0.2, 0.25) is 0 Å². The fourth-order valence-corrected chi connectivity index (χ4v) is 3.22. The van der Waals surface area contributed by atoms with E-state index in [9.17, 15) is 8.42 Å². The van der Waals surface area contributed by atoms with Gasteiger partial charge in [-0.1, -0.05) is 0 Å². The molecular weight excluding hydrogens is 276 g/mol. The molecule has 2 aromatic rings. The van der Waals surface area contributed by atoms with Crippen molar-refractivity contribution in [1.82, 2.24) is 14.3 Å². The van der Waals surface area contributed by atoms with E-state index in [1.54, 1.807) is 37.8 Å². The van der Waals surface area contributed by atoms with E-state index in [4.69, 9.17) is 5.73 Å². The minimum absolute atomic E-state index is 0.224. The smallest absolute Gasteiger partial charge is 0.240 e. The van der Waals surface area contributed by atoms with Crippen LogP contribution in [-0.4, -0.2) is 24.0 Å². The quantitative estimate of drug-likeness (QED) is 0.809. The molecule has 0 bridgehead atoms. The molecule has 0 spiro atoms. The highest BCUT2D eigenvalue weighted by Gasteiger charge is 2.18. The van der Waals surface area contributed by atoms with Crippen LogP contribution in [0.4, 0.5) is 5.69 Å². The lowest BCUT2D eigenvalue weighted by atomic mass is 10.2. The Morgan fingerprint density at radius 1 is 1.45 bits per heavy atom. The third-order valence-electron chi connectivity index (χ3n) is 2.95. The van der Waals surface area contributed by atoms with Gasteiger partial charge in [-0.2, -0.15) is 0 Å². The Labute approximate surface area is 118 Å². The van der Waals surface area contributed by atoms with Crippen molar-refractivity contribution in [3.05, 3.63) is 42.5 Å². The number of imidazole rings is 1. The van der Waals surface area contributed by atoms with Gasteiger partial charge in [0.1, 0.15) is 0 Å². The van der Waals surface area contributed by atoms with Gasteiger partial charge < -0.3 is 10.3 Å². The monoisotopic (exact) mass is 294 g/mol. The molecule has 0 saturated carbocycles. The van der Waals surface area contributed by atoms with Gasteiger partial charge in [-0.3, -0.25) is 0 Å². The van der Waals surface area contributed by atoms with Gasteiger partial charge in [0.15, 0.2) is 0 Å². The Hall–Kier alpha value is -1.86. The number of sulfonamides is 1. The van der Waals surface area contributed by atoms with Crippen molar-refractivity contribution in [1.29, 1.82) is 0 Å². The molecule has 6 nitrogen and oxygen atoms in total. The second kappa shape index (κ2) is 5.64. The summed E-state index contributed by atoms with van der Waals surface area (Å²) in [5.41, 5.74) is 7.02. The number of nitrogen functional groups attached to an aromatic ring is 1. The Morgan fingerprint density at radius 2 is 2.20 bits per heavy atom. The zero-order chi connectivity index (χ0) is 14.8. The van der Waals surface area contributed by atoms with Crippen molar-refractivity contribution >= 4 is 15.7 Å². The van der Waals surface area contributed by atoms with Crippen LogP contribution in [0, 0.1) is 6.92 Å². The molecule has 0 fully saturated rings. The van der Waals surface area contributed by atoms with Gasteiger partial charge in [0.25, 0.3) is 0 Å². The Bertz CT molecular complexity index is 680. The van der Waals surface area contributed by atoms with Crippen LogP contribution in [-0.2, 0) is 16.6 Å². The maximum atomic E-state index is 12.3. The number of hydrogen-bond acceptors (Lipinski definition) is 4. The fourth-order valence-electron chi connectivity index (χ4n) is 1.90. The van der Waals surface area contributed by atoms with Gasteiger partial charge in [-0.15, -0.1) is 0 Å². The molecular formula is C13H18N4O2S. The summed E-state index contributed by atoms with van der Waals surface area (Å²) in [5, 5.41) is 0. The molecule has 3 N–H and O–H groups in total. The summed E-state index contributed by atoms with van der Waals surface area (Å²) in [6, 6.07) is 4.44. The average Bonchev–Trinajstić information content (AvgIpc) is 2.84. The van der Waals surface area contributed by atoms with Crippen molar-refractivity contribution in [2.45, 2.75) is 31.3 Å². The molecule has 1 unspecified atom stereocenters. The SMILES string of the molecule is Cc1cc(S(=O)(=O)NC(C)Cn2ccnc2)ccc1N. The number of nitrogens with two attached hydrogens (primary N) is 1. The summed E-state index contributed by atoms with van der Waals surface area (Å²) >= 11 is 0. The first-order chi connectivity index (χ1) is 9.38. The molecule has 1 atom stereocenters. The van der Waals surface area contributed by atoms with Crippen LogP contribution in [0.3, 0.4) is 0 Å². The van der Waals surface area contributed by atoms with E-state index in [1.807, 2.05) is 11.5 Å². The largest absolute Gasteiger partial charge is 0.399 e. The Balaban J connectivity index is 2.12. The van der Waals surface area contributed by atoms with Crippen LogP contribution in [0.15, 0.2) is 41.8 Å².